The van der Waals surface area contributed by atoms with E-state index in [0.717, 1.165) is 22.6 Å². The molecule has 0 spiro atoms. The molecule has 0 saturated carbocycles. The van der Waals surface area contributed by atoms with Gasteiger partial charge in [-0.3, -0.25) is 0 Å². The van der Waals surface area contributed by atoms with Gasteiger partial charge in [0.05, 0.1) is 5.69 Å². The van der Waals surface area contributed by atoms with E-state index in [1.165, 1.54) is 17.3 Å². The number of rotatable bonds is 4. The van der Waals surface area contributed by atoms with Gasteiger partial charge in [0.25, 0.3) is 5.22 Å². The standard InChI is InChI=1S/C19H17N3O2S/c1-11-6-7-12(2)14(9-11)18-21-15(13(3)23-18)10-25-19-22-17-16(24-19)5-4-8-20-17/h4-9H,10H2,1-3H3. The number of hydrogen-bond acceptors (Lipinski definition) is 6. The Morgan fingerprint density at radius 3 is 2.76 bits per heavy atom. The molecule has 25 heavy (non-hydrogen) atoms. The predicted molar refractivity (Wildman–Crippen MR) is 97.5 cm³/mol. The molecular weight excluding hydrogens is 334 g/mol. The van der Waals surface area contributed by atoms with Crippen molar-refractivity contribution in [3.63, 3.8) is 0 Å². The van der Waals surface area contributed by atoms with Crippen LogP contribution in [0.2, 0.25) is 0 Å². The summed E-state index contributed by atoms with van der Waals surface area (Å²) in [6.07, 6.45) is 1.71. The SMILES string of the molecule is Cc1ccc(C)c(-c2nc(CSc3nc4ncccc4o3)c(C)o2)c1. The van der Waals surface area contributed by atoms with E-state index in [9.17, 15) is 0 Å². The number of fused-ring (bicyclic) bond motifs is 1. The molecule has 0 amide bonds. The minimum Gasteiger partial charge on any atom is -0.441 e. The van der Waals surface area contributed by atoms with Gasteiger partial charge in [0.1, 0.15) is 5.76 Å². The minimum absolute atomic E-state index is 0.587. The van der Waals surface area contributed by atoms with E-state index in [-0.39, 0.29) is 0 Å². The van der Waals surface area contributed by atoms with E-state index in [4.69, 9.17) is 8.83 Å². The molecule has 5 nitrogen and oxygen atoms in total. The zero-order valence-corrected chi connectivity index (χ0v) is 15.1. The van der Waals surface area contributed by atoms with Gasteiger partial charge >= 0.3 is 0 Å². The van der Waals surface area contributed by atoms with Gasteiger partial charge in [-0.05, 0) is 44.5 Å². The van der Waals surface area contributed by atoms with Crippen molar-refractivity contribution >= 4 is 23.0 Å². The van der Waals surface area contributed by atoms with Crippen LogP contribution in [0.3, 0.4) is 0 Å². The number of aryl methyl sites for hydroxylation is 3. The Labute approximate surface area is 149 Å². The van der Waals surface area contributed by atoms with Crippen LogP contribution in [0.5, 0.6) is 0 Å². The summed E-state index contributed by atoms with van der Waals surface area (Å²) in [5, 5.41) is 0.587. The van der Waals surface area contributed by atoms with Crippen molar-refractivity contribution in [2.24, 2.45) is 0 Å². The van der Waals surface area contributed by atoms with Crippen molar-refractivity contribution in [2.45, 2.75) is 31.7 Å². The summed E-state index contributed by atoms with van der Waals surface area (Å²) in [7, 11) is 0. The van der Waals surface area contributed by atoms with Crippen LogP contribution in [0.15, 0.2) is 50.6 Å². The third-order valence-corrected chi connectivity index (χ3v) is 4.83. The quantitative estimate of drug-likeness (QED) is 0.477. The van der Waals surface area contributed by atoms with Crippen molar-refractivity contribution < 1.29 is 8.83 Å². The van der Waals surface area contributed by atoms with Crippen LogP contribution >= 0.6 is 11.8 Å². The first kappa shape index (κ1) is 15.9. The highest BCUT2D eigenvalue weighted by Crippen LogP contribution is 2.30. The lowest BCUT2D eigenvalue weighted by atomic mass is 10.1. The van der Waals surface area contributed by atoms with E-state index < -0.39 is 0 Å². The van der Waals surface area contributed by atoms with E-state index in [0.29, 0.717) is 28.1 Å². The lowest BCUT2D eigenvalue weighted by Crippen LogP contribution is -1.87. The highest BCUT2D eigenvalue weighted by atomic mass is 32.2. The molecule has 0 aliphatic carbocycles. The van der Waals surface area contributed by atoms with E-state index in [1.54, 1.807) is 6.20 Å². The van der Waals surface area contributed by atoms with Gasteiger partial charge in [-0.1, -0.05) is 29.5 Å². The van der Waals surface area contributed by atoms with E-state index in [2.05, 4.69) is 47.0 Å². The van der Waals surface area contributed by atoms with Crippen molar-refractivity contribution in [2.75, 3.05) is 0 Å². The maximum Gasteiger partial charge on any atom is 0.258 e. The Balaban J connectivity index is 1.57. The number of hydrogen-bond donors (Lipinski definition) is 0. The first-order valence-electron chi connectivity index (χ1n) is 7.98. The lowest BCUT2D eigenvalue weighted by molar-refractivity contribution is 0.489. The monoisotopic (exact) mass is 351 g/mol. The second-order valence-electron chi connectivity index (χ2n) is 5.93. The predicted octanol–water partition coefficient (Wildman–Crippen LogP) is 5.10. The Hall–Kier alpha value is -2.60. The number of benzene rings is 1. The van der Waals surface area contributed by atoms with Gasteiger partial charge in [-0.15, -0.1) is 0 Å². The third kappa shape index (κ3) is 3.17. The zero-order valence-electron chi connectivity index (χ0n) is 14.2. The second-order valence-corrected chi connectivity index (χ2v) is 6.86. The van der Waals surface area contributed by atoms with Crippen LogP contribution in [0.4, 0.5) is 0 Å². The van der Waals surface area contributed by atoms with Gasteiger partial charge in [0, 0.05) is 17.5 Å². The average Bonchev–Trinajstić information content (AvgIpc) is 3.18. The van der Waals surface area contributed by atoms with Gasteiger partial charge in [-0.2, -0.15) is 4.98 Å². The van der Waals surface area contributed by atoms with Crippen molar-refractivity contribution in [1.29, 1.82) is 0 Å². The molecule has 0 atom stereocenters. The fraction of sp³-hybridized carbons (Fsp3) is 0.211. The Bertz CT molecular complexity index is 1020. The normalized spacial score (nSPS) is 11.3. The maximum atomic E-state index is 5.90. The summed E-state index contributed by atoms with van der Waals surface area (Å²) in [6.45, 7) is 6.07. The molecule has 0 N–H and O–H groups in total. The van der Waals surface area contributed by atoms with Crippen LogP contribution < -0.4 is 0 Å². The smallest absolute Gasteiger partial charge is 0.258 e. The summed E-state index contributed by atoms with van der Waals surface area (Å²) in [6, 6.07) is 9.97. The minimum atomic E-state index is 0.587. The zero-order chi connectivity index (χ0) is 17.4. The summed E-state index contributed by atoms with van der Waals surface area (Å²) >= 11 is 1.49. The summed E-state index contributed by atoms with van der Waals surface area (Å²) < 4.78 is 11.6. The second kappa shape index (κ2) is 6.37. The largest absolute Gasteiger partial charge is 0.441 e. The van der Waals surface area contributed by atoms with Crippen molar-refractivity contribution in [3.05, 3.63) is 59.1 Å². The Morgan fingerprint density at radius 2 is 1.92 bits per heavy atom. The summed E-state index contributed by atoms with van der Waals surface area (Å²) in [4.78, 5) is 13.2. The maximum absolute atomic E-state index is 5.90. The molecule has 0 unspecified atom stereocenters. The molecule has 3 aromatic heterocycles. The first-order chi connectivity index (χ1) is 12.1. The first-order valence-corrected chi connectivity index (χ1v) is 8.97. The fourth-order valence-electron chi connectivity index (χ4n) is 2.58. The van der Waals surface area contributed by atoms with Gasteiger partial charge in [0.15, 0.2) is 11.2 Å². The molecule has 126 valence electrons. The van der Waals surface area contributed by atoms with Crippen LogP contribution in [0.1, 0.15) is 22.6 Å². The number of aromatic nitrogens is 3. The van der Waals surface area contributed by atoms with Crippen LogP contribution in [0.25, 0.3) is 22.7 Å². The molecule has 0 aliphatic heterocycles. The Morgan fingerprint density at radius 1 is 1.04 bits per heavy atom. The number of nitrogens with zero attached hydrogens (tertiary/aromatic N) is 3. The van der Waals surface area contributed by atoms with Crippen LogP contribution in [-0.2, 0) is 5.75 Å². The molecule has 0 saturated heterocycles. The molecular formula is C19H17N3O2S. The van der Waals surface area contributed by atoms with Gasteiger partial charge < -0.3 is 8.83 Å². The molecule has 0 fully saturated rings. The molecule has 0 radical (unpaired) electrons. The van der Waals surface area contributed by atoms with Crippen molar-refractivity contribution in [1.82, 2.24) is 15.0 Å². The molecule has 0 aliphatic rings. The third-order valence-electron chi connectivity index (χ3n) is 3.99. The highest BCUT2D eigenvalue weighted by Gasteiger charge is 2.15. The van der Waals surface area contributed by atoms with Gasteiger partial charge in [-0.25, -0.2) is 9.97 Å². The Kier molecular flexibility index (Phi) is 4.05. The lowest BCUT2D eigenvalue weighted by Gasteiger charge is -2.02. The van der Waals surface area contributed by atoms with E-state index >= 15 is 0 Å². The van der Waals surface area contributed by atoms with Crippen LogP contribution in [-0.4, -0.2) is 15.0 Å². The molecule has 3 heterocycles. The number of oxazole rings is 2. The molecule has 4 aromatic rings. The average molecular weight is 351 g/mol. The van der Waals surface area contributed by atoms with Crippen molar-refractivity contribution in [3.8, 4) is 11.5 Å². The topological polar surface area (TPSA) is 65.0 Å². The fourth-order valence-corrected chi connectivity index (χ4v) is 3.41. The summed E-state index contributed by atoms with van der Waals surface area (Å²) in [5.74, 6) is 2.11. The van der Waals surface area contributed by atoms with E-state index in [1.807, 2.05) is 19.1 Å². The number of thioether (sulfide) groups is 1. The summed E-state index contributed by atoms with van der Waals surface area (Å²) in [5.41, 5.74) is 5.58. The molecule has 6 heteroatoms. The molecule has 4 rings (SSSR count). The number of pyridine rings is 1. The molecule has 0 bridgehead atoms. The molecule has 1 aromatic carbocycles. The van der Waals surface area contributed by atoms with Crippen LogP contribution in [0, 0.1) is 20.8 Å². The highest BCUT2D eigenvalue weighted by molar-refractivity contribution is 7.98. The van der Waals surface area contributed by atoms with Gasteiger partial charge in [0.2, 0.25) is 5.89 Å².